The van der Waals surface area contributed by atoms with E-state index in [-0.39, 0.29) is 54.1 Å². The monoisotopic (exact) mass is 1870 g/mol. The van der Waals surface area contributed by atoms with Gasteiger partial charge in [0.2, 0.25) is 0 Å². The second-order valence-electron chi connectivity index (χ2n) is 48.3. The number of benzene rings is 16. The molecule has 702 valence electrons. The van der Waals surface area contributed by atoms with Crippen LogP contribution in [0.2, 0.25) is 0 Å². The quantitative estimate of drug-likeness (QED) is 0.114. The van der Waals surface area contributed by atoms with Gasteiger partial charge in [-0.1, -0.05) is 465 Å². The Kier molecular flexibility index (Phi) is 26.7. The summed E-state index contributed by atoms with van der Waals surface area (Å²) in [6.07, 6.45) is 0. The van der Waals surface area contributed by atoms with Crippen molar-refractivity contribution in [3.8, 4) is 100 Å². The number of anilines is 6. The average molecular weight is 1880 g/mol. The van der Waals surface area contributed by atoms with E-state index in [0.29, 0.717) is 0 Å². The minimum atomic E-state index is -0.126. The summed E-state index contributed by atoms with van der Waals surface area (Å²) in [5.41, 5.74) is 47.6. The molecule has 0 radical (unpaired) electrons. The molecule has 16 aromatic carbocycles. The van der Waals surface area contributed by atoms with E-state index in [0.717, 1.165) is 38.6 Å². The summed E-state index contributed by atoms with van der Waals surface area (Å²) >= 11 is 3.61. The van der Waals surface area contributed by atoms with Gasteiger partial charge in [-0.15, -0.1) is 0 Å². The molecule has 0 bridgehead atoms. The Morgan fingerprint density at radius 1 is 0.181 bits per heavy atom. The minimum Gasteiger partial charge on any atom is -0.310 e. The van der Waals surface area contributed by atoms with Gasteiger partial charge in [-0.2, -0.15) is 0 Å². The Balaban J connectivity index is 0.000000165. The molecule has 0 saturated carbocycles. The van der Waals surface area contributed by atoms with Crippen LogP contribution in [-0.4, -0.2) is 0 Å². The number of rotatable bonds is 13. The molecule has 0 fully saturated rings. The summed E-state index contributed by atoms with van der Waals surface area (Å²) in [6.45, 7) is 67.4. The van der Waals surface area contributed by atoms with Gasteiger partial charge in [0.15, 0.2) is 0 Å². The highest BCUT2D eigenvalue weighted by Gasteiger charge is 2.39. The van der Waals surface area contributed by atoms with Crippen LogP contribution in [0, 0.1) is 6.92 Å². The summed E-state index contributed by atoms with van der Waals surface area (Å²) in [6, 6.07) is 132. The molecule has 0 spiro atoms. The Morgan fingerprint density at radius 3 is 0.696 bits per heavy atom. The number of hydrogen-bond acceptors (Lipinski definition) is 2. The van der Waals surface area contributed by atoms with Gasteiger partial charge in [0.25, 0.3) is 0 Å². The number of fused-ring (bicyclic) bond motifs is 6. The third-order valence-electron chi connectivity index (χ3n) is 28.7. The predicted octanol–water partition coefficient (Wildman–Crippen LogP) is 39.7. The van der Waals surface area contributed by atoms with Crippen molar-refractivity contribution in [1.29, 1.82) is 0 Å². The minimum absolute atomic E-state index is 0.00149. The zero-order valence-electron chi connectivity index (χ0n) is 87.8. The molecule has 0 N–H and O–H groups in total. The largest absolute Gasteiger partial charge is 0.310 e. The number of halogens is 1. The molecular weight excluding hydrogens is 1730 g/mol. The number of aryl methyl sites for hydroxylation is 1. The van der Waals surface area contributed by atoms with Crippen molar-refractivity contribution in [2.24, 2.45) is 0 Å². The maximum absolute atomic E-state index is 3.61. The predicted molar refractivity (Wildman–Crippen MR) is 604 cm³/mol. The molecule has 18 rings (SSSR count). The van der Waals surface area contributed by atoms with Gasteiger partial charge in [0.05, 0.1) is 11.4 Å². The van der Waals surface area contributed by atoms with Crippen LogP contribution in [0.1, 0.15) is 266 Å². The topological polar surface area (TPSA) is 6.48 Å². The molecule has 0 amide bonds. The van der Waals surface area contributed by atoms with Gasteiger partial charge in [-0.05, 0) is 309 Å². The van der Waals surface area contributed by atoms with E-state index >= 15 is 0 Å². The number of para-hydroxylation sites is 2. The first-order valence-corrected chi connectivity index (χ1v) is 50.7. The van der Waals surface area contributed by atoms with Crippen molar-refractivity contribution in [1.82, 2.24) is 0 Å². The lowest BCUT2D eigenvalue weighted by Crippen LogP contribution is -2.17. The van der Waals surface area contributed by atoms with E-state index < -0.39 is 0 Å². The zero-order chi connectivity index (χ0) is 99.1. The molecule has 0 aliphatic heterocycles. The Morgan fingerprint density at radius 2 is 0.406 bits per heavy atom. The lowest BCUT2D eigenvalue weighted by molar-refractivity contribution is 0.568. The van der Waals surface area contributed by atoms with Crippen LogP contribution in [-0.2, 0) is 54.1 Å². The van der Waals surface area contributed by atoms with Crippen LogP contribution in [0.15, 0.2) is 356 Å². The zero-order valence-corrected chi connectivity index (χ0v) is 89.3. The van der Waals surface area contributed by atoms with Crippen LogP contribution >= 0.6 is 15.9 Å². The van der Waals surface area contributed by atoms with Crippen LogP contribution in [0.5, 0.6) is 0 Å². The molecule has 138 heavy (non-hydrogen) atoms. The normalized spacial score (nSPS) is 13.4. The Bertz CT molecular complexity index is 6860. The molecule has 2 aliphatic rings. The van der Waals surface area contributed by atoms with Crippen LogP contribution in [0.25, 0.3) is 100 Å². The summed E-state index contributed by atoms with van der Waals surface area (Å²) in [5, 5.41) is 0. The second-order valence-corrected chi connectivity index (χ2v) is 49.3. The van der Waals surface area contributed by atoms with E-state index in [4.69, 9.17) is 0 Å². The lowest BCUT2D eigenvalue weighted by atomic mass is 9.78. The third kappa shape index (κ3) is 21.0. The summed E-state index contributed by atoms with van der Waals surface area (Å²) in [5.74, 6) is 0. The fourth-order valence-electron chi connectivity index (χ4n) is 19.9. The highest BCUT2D eigenvalue weighted by Crippen LogP contribution is 2.55. The standard InChI is InChI=1S/C67H71N.C35H48.C33H26BrN/c1-63(2,3)51-37-49(38-52(41-51)64(4,5)6)47-34-46(35-48(36-47)50-39-53(65(7,8)9)42-54(40-50)66(10,11)12)44-28-30-55(31-29-44)68(62-27-21-19-24-57(62)45-22-16-15-17-23-45)56-32-33-59-58-25-18-20-26-60(58)67(13,14)61(59)43-56;1-23-14-24(26-17-28(32(2,3)4)21-29(18-26)33(5,6)7)16-25(15-23)27-19-30(34(8,9)10)22-31(20-27)35(11,12)13;1-33(2)30-14-8-6-13-28(30)29-21-20-26(22-31(29)33)35(25-18-16-24(34)17-19-25)32-15-9-7-12-27(32)23-10-4-3-5-11-23/h15-43H,1-14H3;14-22H,1-13H3;3-22H,1-2H3. The second kappa shape index (κ2) is 37.4. The summed E-state index contributed by atoms with van der Waals surface area (Å²) < 4.78 is 1.07. The Labute approximate surface area is 837 Å². The highest BCUT2D eigenvalue weighted by atomic mass is 79.9. The van der Waals surface area contributed by atoms with E-state index in [9.17, 15) is 0 Å². The van der Waals surface area contributed by atoms with Gasteiger partial charge in [0.1, 0.15) is 0 Å². The van der Waals surface area contributed by atoms with E-state index in [2.05, 4.69) is 578 Å². The maximum atomic E-state index is 3.61. The van der Waals surface area contributed by atoms with Gasteiger partial charge in [-0.3, -0.25) is 0 Å². The summed E-state index contributed by atoms with van der Waals surface area (Å²) in [7, 11) is 0. The average Bonchev–Trinajstić information content (AvgIpc) is 1.58. The van der Waals surface area contributed by atoms with Gasteiger partial charge in [-0.25, -0.2) is 0 Å². The van der Waals surface area contributed by atoms with Crippen molar-refractivity contribution >= 4 is 50.1 Å². The van der Waals surface area contributed by atoms with Crippen molar-refractivity contribution in [2.45, 2.75) is 255 Å². The molecule has 2 aliphatic carbocycles. The first kappa shape index (κ1) is 98.6. The third-order valence-corrected chi connectivity index (χ3v) is 29.2. The summed E-state index contributed by atoms with van der Waals surface area (Å²) in [4.78, 5) is 4.85. The Hall–Kier alpha value is -12.4. The molecule has 0 aromatic heterocycles. The van der Waals surface area contributed by atoms with E-state index in [1.165, 1.54) is 172 Å². The maximum Gasteiger partial charge on any atom is 0.0540 e. The van der Waals surface area contributed by atoms with Crippen LogP contribution in [0.4, 0.5) is 34.1 Å². The highest BCUT2D eigenvalue weighted by molar-refractivity contribution is 9.10. The smallest absolute Gasteiger partial charge is 0.0540 e. The van der Waals surface area contributed by atoms with Gasteiger partial charge < -0.3 is 9.80 Å². The fraction of sp³-hybridized carbons (Fsp3) is 0.289. The van der Waals surface area contributed by atoms with Crippen molar-refractivity contribution in [3.63, 3.8) is 0 Å². The van der Waals surface area contributed by atoms with E-state index in [1.807, 2.05) is 0 Å². The molecule has 0 saturated heterocycles. The van der Waals surface area contributed by atoms with Crippen molar-refractivity contribution < 1.29 is 0 Å². The molecule has 0 heterocycles. The van der Waals surface area contributed by atoms with Crippen molar-refractivity contribution in [3.05, 3.63) is 429 Å². The van der Waals surface area contributed by atoms with Gasteiger partial charge in [0, 0.05) is 49.2 Å². The molecule has 3 heteroatoms. The van der Waals surface area contributed by atoms with Gasteiger partial charge >= 0.3 is 0 Å². The number of nitrogens with zero attached hydrogens (tertiary/aromatic N) is 2. The van der Waals surface area contributed by atoms with Crippen molar-refractivity contribution in [2.75, 3.05) is 9.80 Å². The molecular formula is C135H145BrN2. The number of hydrogen-bond donors (Lipinski definition) is 0. The molecule has 16 aromatic rings. The van der Waals surface area contributed by atoms with E-state index in [1.54, 1.807) is 0 Å². The first-order valence-electron chi connectivity index (χ1n) is 49.9. The molecule has 0 unspecified atom stereocenters. The SMILES string of the molecule is CC(C)(C)c1cc(-c2cc(-c3ccc(N(c4ccc5c(c4)C(C)(C)c4ccccc4-5)c4ccccc4-c4ccccc4)cc3)cc(-c3cc(C(C)(C)C)cc(C(C)(C)C)c3)c2)cc(C(C)(C)C)c1.CC1(C)c2ccccc2-c2ccc(N(c3ccc(Br)cc3)c3ccccc3-c3ccccc3)cc21.Cc1cc(-c2cc(C(C)(C)C)cc(C(C)(C)C)c2)cc(-c2cc(C(C)(C)C)cc(C(C)(C)C)c2)c1. The molecule has 0 atom stereocenters. The fourth-order valence-corrected chi connectivity index (χ4v) is 20.1. The van der Waals surface area contributed by atoms with Crippen LogP contribution in [0.3, 0.4) is 0 Å². The molecule has 2 nitrogen and oxygen atoms in total. The lowest BCUT2D eigenvalue weighted by Gasteiger charge is -2.30. The first-order chi connectivity index (χ1) is 64.7. The van der Waals surface area contributed by atoms with Crippen LogP contribution < -0.4 is 9.80 Å².